The highest BCUT2D eigenvalue weighted by Gasteiger charge is 2.28. The third-order valence-corrected chi connectivity index (χ3v) is 5.97. The van der Waals surface area contributed by atoms with Crippen LogP contribution < -0.4 is 5.73 Å². The molecule has 34 heavy (non-hydrogen) atoms. The molecule has 0 saturated heterocycles. The summed E-state index contributed by atoms with van der Waals surface area (Å²) in [6, 6.07) is 10.0. The van der Waals surface area contributed by atoms with Gasteiger partial charge in [0.2, 0.25) is 0 Å². The zero-order valence-corrected chi connectivity index (χ0v) is 23.8. The second-order valence-electron chi connectivity index (χ2n) is 10.1. The zero-order valence-electron chi connectivity index (χ0n) is 20.6. The number of halogens is 2. The van der Waals surface area contributed by atoms with Crippen LogP contribution in [0.25, 0.3) is 0 Å². The Hall–Kier alpha value is -1.88. The maximum absolute atomic E-state index is 10.7. The van der Waals surface area contributed by atoms with Crippen LogP contribution in [-0.4, -0.2) is 25.8 Å². The lowest BCUT2D eigenvalue weighted by Gasteiger charge is -2.31. The highest BCUT2D eigenvalue weighted by molar-refractivity contribution is 9.09. The molecule has 0 spiro atoms. The molecule has 0 fully saturated rings. The highest BCUT2D eigenvalue weighted by Crippen LogP contribution is 2.31. The zero-order chi connectivity index (χ0) is 26.3. The predicted molar refractivity (Wildman–Crippen MR) is 144 cm³/mol. The fraction of sp³-hybridized carbons (Fsp3) is 0.500. The molecule has 1 aliphatic heterocycles. The van der Waals surface area contributed by atoms with Gasteiger partial charge in [-0.2, -0.15) is 0 Å². The summed E-state index contributed by atoms with van der Waals surface area (Å²) < 4.78 is 0. The van der Waals surface area contributed by atoms with Gasteiger partial charge in [-0.25, -0.2) is 0 Å². The van der Waals surface area contributed by atoms with Crippen molar-refractivity contribution in [3.63, 3.8) is 0 Å². The molecule has 0 unspecified atom stereocenters. The molecule has 2 aromatic rings. The van der Waals surface area contributed by atoms with E-state index >= 15 is 0 Å². The third kappa shape index (κ3) is 10.2. The van der Waals surface area contributed by atoms with E-state index in [1.807, 2.05) is 26.8 Å². The van der Waals surface area contributed by atoms with Crippen LogP contribution in [0.5, 0.6) is 0 Å². The summed E-state index contributed by atoms with van der Waals surface area (Å²) in [5, 5.41) is 22.5. The van der Waals surface area contributed by atoms with Gasteiger partial charge in [-0.1, -0.05) is 44.0 Å². The van der Waals surface area contributed by atoms with Crippen molar-refractivity contribution in [3.8, 4) is 0 Å². The lowest BCUT2D eigenvalue weighted by Crippen LogP contribution is -2.36. The van der Waals surface area contributed by atoms with Gasteiger partial charge in [0.25, 0.3) is 11.4 Å². The summed E-state index contributed by atoms with van der Waals surface area (Å²) in [5.74, 6) is 0. The summed E-state index contributed by atoms with van der Waals surface area (Å²) in [4.78, 5) is 22.7. The molecule has 0 amide bonds. The Labute approximate surface area is 218 Å². The minimum atomic E-state index is -0.385. The molecule has 0 aromatic heterocycles. The Balaban J connectivity index is 0.000000289. The smallest absolute Gasteiger partial charge is 0.269 e. The van der Waals surface area contributed by atoms with Crippen LogP contribution in [0.2, 0.25) is 0 Å². The van der Waals surface area contributed by atoms with Crippen LogP contribution in [0.3, 0.4) is 0 Å². The van der Waals surface area contributed by atoms with Gasteiger partial charge in [0.1, 0.15) is 0 Å². The molecule has 188 valence electrons. The second-order valence-corrected chi connectivity index (χ2v) is 11.2. The molecule has 10 heteroatoms. The topological polar surface area (TPSA) is 116 Å². The number of nitrogens with zero attached hydrogens (tertiary/aromatic N) is 3. The number of hydrogen-bond acceptors (Lipinski definition) is 6. The number of alkyl halides is 2. The van der Waals surface area contributed by atoms with Crippen molar-refractivity contribution in [2.24, 2.45) is 5.73 Å². The van der Waals surface area contributed by atoms with E-state index in [-0.39, 0.29) is 32.3 Å². The second kappa shape index (κ2) is 12.7. The number of nitrogens with two attached hydrogens (primary N) is 1. The fourth-order valence-electron chi connectivity index (χ4n) is 2.95. The Morgan fingerprint density at radius 1 is 0.824 bits per heavy atom. The van der Waals surface area contributed by atoms with Crippen LogP contribution >= 0.6 is 31.9 Å². The van der Waals surface area contributed by atoms with Gasteiger partial charge in [-0.15, -0.1) is 0 Å². The molecule has 0 bridgehead atoms. The summed E-state index contributed by atoms with van der Waals surface area (Å²) in [5.41, 5.74) is 10.1. The van der Waals surface area contributed by atoms with Gasteiger partial charge >= 0.3 is 0 Å². The van der Waals surface area contributed by atoms with E-state index in [9.17, 15) is 20.2 Å². The average Bonchev–Trinajstić information content (AvgIpc) is 3.16. The molecular formula is C24H34Br2N4O4. The van der Waals surface area contributed by atoms with E-state index in [2.05, 4.69) is 57.5 Å². The molecule has 1 heterocycles. The molecule has 0 saturated carbocycles. The largest absolute Gasteiger partial charge is 0.326 e. The van der Waals surface area contributed by atoms with Crippen LogP contribution in [0.4, 0.5) is 11.4 Å². The quantitative estimate of drug-likeness (QED) is 0.233. The molecule has 2 aromatic carbocycles. The van der Waals surface area contributed by atoms with Gasteiger partial charge in [0.05, 0.1) is 9.85 Å². The summed E-state index contributed by atoms with van der Waals surface area (Å²) in [7, 11) is 0. The van der Waals surface area contributed by atoms with E-state index in [1.165, 1.54) is 11.6 Å². The number of non-ortho nitro benzene ring substituents is 2. The first-order valence-corrected chi connectivity index (χ1v) is 13.0. The summed E-state index contributed by atoms with van der Waals surface area (Å²) >= 11 is 6.61. The van der Waals surface area contributed by atoms with Crippen LogP contribution in [0.1, 0.15) is 63.8 Å². The Bertz CT molecular complexity index is 995. The van der Waals surface area contributed by atoms with Gasteiger partial charge in [0.15, 0.2) is 0 Å². The maximum Gasteiger partial charge on any atom is 0.269 e. The first-order valence-electron chi connectivity index (χ1n) is 10.7. The lowest BCUT2D eigenvalue weighted by molar-refractivity contribution is -0.385. The maximum atomic E-state index is 10.7. The van der Waals surface area contributed by atoms with E-state index in [4.69, 9.17) is 5.73 Å². The van der Waals surface area contributed by atoms with E-state index in [0.29, 0.717) is 10.7 Å². The minimum absolute atomic E-state index is 0. The van der Waals surface area contributed by atoms with Gasteiger partial charge in [-0.3, -0.25) is 25.1 Å². The number of rotatable bonds is 4. The minimum Gasteiger partial charge on any atom is -0.326 e. The third-order valence-electron chi connectivity index (χ3n) is 4.76. The normalized spacial score (nSPS) is 13.2. The van der Waals surface area contributed by atoms with E-state index < -0.39 is 0 Å². The van der Waals surface area contributed by atoms with Crippen molar-refractivity contribution in [2.45, 2.75) is 76.4 Å². The molecule has 0 radical (unpaired) electrons. The first-order chi connectivity index (χ1) is 15.6. The van der Waals surface area contributed by atoms with Crippen molar-refractivity contribution >= 4 is 43.2 Å². The van der Waals surface area contributed by atoms with Gasteiger partial charge in [0, 0.05) is 59.1 Å². The lowest BCUT2D eigenvalue weighted by atomic mass is 10.1. The van der Waals surface area contributed by atoms with Crippen LogP contribution in [-0.2, 0) is 23.7 Å². The van der Waals surface area contributed by atoms with E-state index in [0.717, 1.165) is 29.8 Å². The van der Waals surface area contributed by atoms with Crippen molar-refractivity contribution in [1.29, 1.82) is 0 Å². The summed E-state index contributed by atoms with van der Waals surface area (Å²) in [6.45, 7) is 14.1. The predicted octanol–water partition coefficient (Wildman–Crippen LogP) is 6.84. The average molecular weight is 602 g/mol. The van der Waals surface area contributed by atoms with Crippen molar-refractivity contribution in [3.05, 3.63) is 78.9 Å². The Kier molecular flexibility index (Phi) is 11.3. The molecular weight excluding hydrogens is 568 g/mol. The van der Waals surface area contributed by atoms with Gasteiger partial charge < -0.3 is 5.73 Å². The SMILES string of the molecule is CC(C)(C)N.CC(C)(C)N1Cc2ccc([N+](=O)[O-])cc2C1.O=[N+]([O-])c1ccc(CBr)c(CBr)c1. The Morgan fingerprint density at radius 3 is 1.71 bits per heavy atom. The number of benzene rings is 2. The molecule has 1 aliphatic rings. The van der Waals surface area contributed by atoms with Crippen LogP contribution in [0.15, 0.2) is 36.4 Å². The number of hydrogen-bond donors (Lipinski definition) is 1. The molecule has 8 nitrogen and oxygen atoms in total. The summed E-state index contributed by atoms with van der Waals surface area (Å²) in [6.07, 6.45) is 0. The molecule has 0 aliphatic carbocycles. The highest BCUT2D eigenvalue weighted by atomic mass is 79.9. The monoisotopic (exact) mass is 600 g/mol. The first kappa shape index (κ1) is 30.2. The van der Waals surface area contributed by atoms with Crippen molar-refractivity contribution in [1.82, 2.24) is 4.90 Å². The van der Waals surface area contributed by atoms with Gasteiger partial charge in [-0.05, 0) is 63.8 Å². The molecule has 0 atom stereocenters. The molecule has 2 N–H and O–H groups in total. The molecule has 3 rings (SSSR count). The fourth-order valence-corrected chi connectivity index (χ4v) is 4.02. The number of nitro benzene ring substituents is 2. The van der Waals surface area contributed by atoms with Crippen molar-refractivity contribution in [2.75, 3.05) is 0 Å². The van der Waals surface area contributed by atoms with Crippen molar-refractivity contribution < 1.29 is 9.85 Å². The number of nitro groups is 2. The standard InChI is InChI=1S/C12H16N2O2.C8H7Br2NO2.C4H11N/c1-12(2,3)13-7-9-4-5-11(14(15)16)6-10(9)8-13;9-4-6-1-2-8(11(12)13)3-7(6)5-10;1-4(2,3)5/h4-6H,7-8H2,1-3H3;1-3H,4-5H2;5H2,1-3H3. The Morgan fingerprint density at radius 2 is 1.26 bits per heavy atom. The number of fused-ring (bicyclic) bond motifs is 1. The van der Waals surface area contributed by atoms with E-state index in [1.54, 1.807) is 24.3 Å². The van der Waals surface area contributed by atoms with Crippen LogP contribution in [0, 0.1) is 20.2 Å².